The van der Waals surface area contributed by atoms with Crippen LogP contribution in [0.2, 0.25) is 0 Å². The van der Waals surface area contributed by atoms with Crippen LogP contribution in [0, 0.1) is 6.92 Å². The molecule has 0 aliphatic heterocycles. The van der Waals surface area contributed by atoms with Crippen LogP contribution in [0.25, 0.3) is 0 Å². The third kappa shape index (κ3) is 5.73. The zero-order chi connectivity index (χ0) is 23.3. The Kier molecular flexibility index (Phi) is 6.95. The zero-order valence-electron chi connectivity index (χ0n) is 18.1. The molecular weight excluding hydrogens is 426 g/mol. The molecule has 32 heavy (non-hydrogen) atoms. The summed E-state index contributed by atoms with van der Waals surface area (Å²) in [4.78, 5) is 12.5. The average molecular weight is 452 g/mol. The molecule has 0 unspecified atom stereocenters. The van der Waals surface area contributed by atoms with Gasteiger partial charge in [0.25, 0.3) is 5.91 Å². The number of para-hydroxylation sites is 1. The van der Waals surface area contributed by atoms with Gasteiger partial charge in [-0.1, -0.05) is 42.0 Å². The van der Waals surface area contributed by atoms with Crippen molar-refractivity contribution < 1.29 is 18.3 Å². The van der Waals surface area contributed by atoms with Gasteiger partial charge in [-0.15, -0.1) is 0 Å². The van der Waals surface area contributed by atoms with Crippen LogP contribution >= 0.6 is 0 Å². The van der Waals surface area contributed by atoms with Crippen LogP contribution in [-0.2, 0) is 16.6 Å². The van der Waals surface area contributed by atoms with Gasteiger partial charge in [0.1, 0.15) is 5.75 Å². The van der Waals surface area contributed by atoms with Crippen LogP contribution in [0.4, 0.5) is 5.69 Å². The molecule has 0 saturated carbocycles. The van der Waals surface area contributed by atoms with E-state index in [1.807, 2.05) is 31.2 Å². The normalized spacial score (nSPS) is 11.8. The number of hydrazone groups is 1. The molecule has 3 rings (SSSR count). The van der Waals surface area contributed by atoms with Crippen LogP contribution in [0.3, 0.4) is 0 Å². The van der Waals surface area contributed by atoms with Crippen LogP contribution < -0.4 is 9.73 Å². The summed E-state index contributed by atoms with van der Waals surface area (Å²) < 4.78 is 26.0. The summed E-state index contributed by atoms with van der Waals surface area (Å²) in [6.45, 7) is 3.83. The summed E-state index contributed by atoms with van der Waals surface area (Å²) in [6.07, 6.45) is 1.15. The van der Waals surface area contributed by atoms with E-state index in [0.717, 1.165) is 17.4 Å². The lowest BCUT2D eigenvalue weighted by Gasteiger charge is -2.22. The number of carbonyl (C=O) groups excluding carboxylic acids is 1. The number of aromatic hydroxyl groups is 1. The fourth-order valence-corrected chi connectivity index (χ4v) is 3.97. The molecule has 8 heteroatoms. The molecule has 166 valence electrons. The quantitative estimate of drug-likeness (QED) is 0.421. The number of aryl methyl sites for hydroxylation is 1. The summed E-state index contributed by atoms with van der Waals surface area (Å²) in [5.74, 6) is -0.377. The monoisotopic (exact) mass is 451 g/mol. The highest BCUT2D eigenvalue weighted by Gasteiger charge is 2.18. The third-order valence-electron chi connectivity index (χ3n) is 4.88. The molecule has 0 saturated heterocycles. The SMILES string of the molecule is C/C(=N/NC(=O)c1ccc(N(Cc2ccc(C)cc2)S(C)(=O)=O)cc1)c1ccccc1O. The number of benzene rings is 3. The molecule has 0 heterocycles. The van der Waals surface area contributed by atoms with E-state index >= 15 is 0 Å². The molecule has 0 atom stereocenters. The van der Waals surface area contributed by atoms with Crippen molar-refractivity contribution in [3.63, 3.8) is 0 Å². The maximum Gasteiger partial charge on any atom is 0.271 e. The Bertz CT molecular complexity index is 1230. The van der Waals surface area contributed by atoms with Crippen molar-refractivity contribution >= 4 is 27.3 Å². The number of hydrogen-bond acceptors (Lipinski definition) is 5. The highest BCUT2D eigenvalue weighted by Crippen LogP contribution is 2.22. The second-order valence-corrected chi connectivity index (χ2v) is 9.36. The number of phenols is 1. The molecule has 0 spiro atoms. The Morgan fingerprint density at radius 2 is 1.62 bits per heavy atom. The third-order valence-corrected chi connectivity index (χ3v) is 6.02. The minimum atomic E-state index is -3.53. The molecular formula is C24H25N3O4S. The van der Waals surface area contributed by atoms with E-state index in [1.54, 1.807) is 55.5 Å². The second kappa shape index (κ2) is 9.65. The Hall–Kier alpha value is -3.65. The largest absolute Gasteiger partial charge is 0.507 e. The highest BCUT2D eigenvalue weighted by molar-refractivity contribution is 7.92. The first-order chi connectivity index (χ1) is 15.1. The summed E-state index contributed by atoms with van der Waals surface area (Å²) in [5.41, 5.74) is 6.16. The van der Waals surface area contributed by atoms with E-state index in [4.69, 9.17) is 0 Å². The summed E-state index contributed by atoms with van der Waals surface area (Å²) in [7, 11) is -3.53. The predicted molar refractivity (Wildman–Crippen MR) is 126 cm³/mol. The number of anilines is 1. The van der Waals surface area contributed by atoms with Crippen molar-refractivity contribution in [1.29, 1.82) is 0 Å². The Labute approximate surface area is 188 Å². The van der Waals surface area contributed by atoms with Gasteiger partial charge < -0.3 is 5.11 Å². The molecule has 3 aromatic carbocycles. The number of nitrogens with zero attached hydrogens (tertiary/aromatic N) is 2. The predicted octanol–water partition coefficient (Wildman–Crippen LogP) is 3.82. The van der Waals surface area contributed by atoms with Crippen molar-refractivity contribution in [3.8, 4) is 5.75 Å². The fraction of sp³-hybridized carbons (Fsp3) is 0.167. The summed E-state index contributed by atoms with van der Waals surface area (Å²) in [6, 6.07) is 20.6. The van der Waals surface area contributed by atoms with Gasteiger partial charge in [-0.05, 0) is 55.8 Å². The molecule has 0 aromatic heterocycles. The first-order valence-corrected chi connectivity index (χ1v) is 11.8. The number of phenolic OH excluding ortho intramolecular Hbond substituents is 1. The van der Waals surface area contributed by atoms with Crippen LogP contribution in [0.5, 0.6) is 5.75 Å². The maximum absolute atomic E-state index is 12.5. The lowest BCUT2D eigenvalue weighted by Crippen LogP contribution is -2.29. The van der Waals surface area contributed by atoms with Crippen LogP contribution in [0.15, 0.2) is 77.9 Å². The summed E-state index contributed by atoms with van der Waals surface area (Å²) in [5, 5.41) is 13.9. The van der Waals surface area contributed by atoms with Gasteiger partial charge >= 0.3 is 0 Å². The van der Waals surface area contributed by atoms with E-state index in [0.29, 0.717) is 22.5 Å². The van der Waals surface area contributed by atoms with Crippen molar-refractivity contribution in [2.75, 3.05) is 10.6 Å². The number of sulfonamides is 1. The van der Waals surface area contributed by atoms with E-state index in [2.05, 4.69) is 10.5 Å². The van der Waals surface area contributed by atoms with Gasteiger partial charge in [-0.3, -0.25) is 9.10 Å². The molecule has 0 fully saturated rings. The Balaban J connectivity index is 1.76. The lowest BCUT2D eigenvalue weighted by atomic mass is 10.1. The fourth-order valence-electron chi connectivity index (χ4n) is 3.08. The number of rotatable bonds is 7. The zero-order valence-corrected chi connectivity index (χ0v) is 18.9. The molecule has 0 bridgehead atoms. The summed E-state index contributed by atoms with van der Waals surface area (Å²) >= 11 is 0. The first-order valence-electron chi connectivity index (χ1n) is 9.91. The van der Waals surface area contributed by atoms with Crippen molar-refractivity contribution in [2.45, 2.75) is 20.4 Å². The lowest BCUT2D eigenvalue weighted by molar-refractivity contribution is 0.0955. The van der Waals surface area contributed by atoms with Gasteiger partial charge in [0, 0.05) is 11.1 Å². The van der Waals surface area contributed by atoms with E-state index in [1.165, 1.54) is 4.31 Å². The molecule has 7 nitrogen and oxygen atoms in total. The average Bonchev–Trinajstić information content (AvgIpc) is 2.76. The Morgan fingerprint density at radius 1 is 1.00 bits per heavy atom. The van der Waals surface area contributed by atoms with Gasteiger partial charge in [-0.2, -0.15) is 5.10 Å². The molecule has 0 aliphatic carbocycles. The first kappa shape index (κ1) is 23.0. The minimum Gasteiger partial charge on any atom is -0.507 e. The van der Waals surface area contributed by atoms with Crippen molar-refractivity contribution in [1.82, 2.24) is 5.43 Å². The van der Waals surface area contributed by atoms with Gasteiger partial charge in [-0.25, -0.2) is 13.8 Å². The topological polar surface area (TPSA) is 99.1 Å². The number of hydrogen-bond donors (Lipinski definition) is 2. The Morgan fingerprint density at radius 3 is 2.22 bits per heavy atom. The maximum atomic E-state index is 12.5. The van der Waals surface area contributed by atoms with Gasteiger partial charge in [0.15, 0.2) is 0 Å². The van der Waals surface area contributed by atoms with E-state index < -0.39 is 15.9 Å². The van der Waals surface area contributed by atoms with Crippen molar-refractivity contribution in [3.05, 3.63) is 95.1 Å². The standard InChI is InChI=1S/C24H25N3O4S/c1-17-8-10-19(11-9-17)16-27(32(3,30)31)21-14-12-20(13-15-21)24(29)26-25-18(2)22-6-4-5-7-23(22)28/h4-15,28H,16H2,1-3H3,(H,26,29)/b25-18-. The minimum absolute atomic E-state index is 0.0711. The molecule has 0 aliphatic rings. The molecule has 1 amide bonds. The number of carbonyl (C=O) groups is 1. The van der Waals surface area contributed by atoms with Gasteiger partial charge in [0.2, 0.25) is 10.0 Å². The van der Waals surface area contributed by atoms with E-state index in [9.17, 15) is 18.3 Å². The number of nitrogens with one attached hydrogen (secondary N) is 1. The highest BCUT2D eigenvalue weighted by atomic mass is 32.2. The van der Waals surface area contributed by atoms with Gasteiger partial charge in [0.05, 0.1) is 24.2 Å². The molecule has 2 N–H and O–H groups in total. The number of amides is 1. The molecule has 0 radical (unpaired) electrons. The smallest absolute Gasteiger partial charge is 0.271 e. The van der Waals surface area contributed by atoms with E-state index in [-0.39, 0.29) is 12.3 Å². The second-order valence-electron chi connectivity index (χ2n) is 7.46. The van der Waals surface area contributed by atoms with Crippen LogP contribution in [-0.4, -0.2) is 31.4 Å². The van der Waals surface area contributed by atoms with Crippen molar-refractivity contribution in [2.24, 2.45) is 5.10 Å². The molecule has 3 aromatic rings. The van der Waals surface area contributed by atoms with Crippen LogP contribution in [0.1, 0.15) is 34.0 Å².